The molecule has 0 spiro atoms. The van der Waals surface area contributed by atoms with Crippen LogP contribution in [0.1, 0.15) is 88.1 Å². The molecule has 2 aromatic rings. The van der Waals surface area contributed by atoms with Gasteiger partial charge in [0.15, 0.2) is 0 Å². The van der Waals surface area contributed by atoms with Gasteiger partial charge in [0.2, 0.25) is 0 Å². The standard InChI is InChI=1S/C36H55N3O6S/c1-26-14-17-32(18-15-26)46(42,43)37-31-16-19-34-33(21-31)36(41)39(28(3)25-40)22-27(2)35(44-20-10-9-11-29(4)45-34)24-38(5)23-30-12-7-6-8-13-30/h14-19,21,27-30,35,37,40H,6-13,20,22-25H2,1-5H3/t27-,28+,29-,35-/m0/s1. The van der Waals surface area contributed by atoms with Gasteiger partial charge in [-0.15, -0.1) is 0 Å². The first-order valence-corrected chi connectivity index (χ1v) is 18.6. The molecule has 9 nitrogen and oxygen atoms in total. The summed E-state index contributed by atoms with van der Waals surface area (Å²) in [5, 5.41) is 10.2. The number of aliphatic hydroxyl groups excluding tert-OH is 1. The molecule has 1 aliphatic carbocycles. The van der Waals surface area contributed by atoms with Gasteiger partial charge in [0.1, 0.15) is 5.75 Å². The molecule has 1 amide bonds. The molecule has 0 saturated heterocycles. The van der Waals surface area contributed by atoms with Crippen molar-refractivity contribution in [2.75, 3.05) is 44.6 Å². The number of sulfonamides is 1. The summed E-state index contributed by atoms with van der Waals surface area (Å²) in [4.78, 5) is 18.6. The van der Waals surface area contributed by atoms with Gasteiger partial charge in [0.25, 0.3) is 15.9 Å². The van der Waals surface area contributed by atoms with E-state index >= 15 is 0 Å². The fraction of sp³-hybridized carbons (Fsp3) is 0.639. The van der Waals surface area contributed by atoms with Crippen LogP contribution < -0.4 is 9.46 Å². The third kappa shape index (κ3) is 10.2. The largest absolute Gasteiger partial charge is 0.490 e. The Morgan fingerprint density at radius 2 is 1.70 bits per heavy atom. The average molecular weight is 658 g/mol. The van der Waals surface area contributed by atoms with E-state index in [-0.39, 0.29) is 46.8 Å². The van der Waals surface area contributed by atoms with E-state index in [0.717, 1.165) is 43.8 Å². The number of carbonyl (C=O) groups is 1. The van der Waals surface area contributed by atoms with Gasteiger partial charge in [0.05, 0.1) is 35.3 Å². The third-order valence-electron chi connectivity index (χ3n) is 9.42. The zero-order valence-electron chi connectivity index (χ0n) is 28.4. The molecule has 1 fully saturated rings. The summed E-state index contributed by atoms with van der Waals surface area (Å²) in [6.45, 7) is 10.4. The molecular weight excluding hydrogens is 602 g/mol. The van der Waals surface area contributed by atoms with Crippen molar-refractivity contribution >= 4 is 21.6 Å². The van der Waals surface area contributed by atoms with Crippen molar-refractivity contribution in [1.29, 1.82) is 0 Å². The Hall–Kier alpha value is -2.66. The Labute approximate surface area is 276 Å². The number of anilines is 1. The van der Waals surface area contributed by atoms with Crippen molar-refractivity contribution in [1.82, 2.24) is 9.80 Å². The highest BCUT2D eigenvalue weighted by molar-refractivity contribution is 7.92. The fourth-order valence-corrected chi connectivity index (χ4v) is 7.62. The van der Waals surface area contributed by atoms with Crippen LogP contribution in [0, 0.1) is 18.8 Å². The SMILES string of the molecule is Cc1ccc(S(=O)(=O)Nc2ccc3c(c2)C(=O)N([C@H](C)CO)C[C@H](C)[C@H](CN(C)CC2CCCCC2)OCCCC[C@H](C)O3)cc1. The highest BCUT2D eigenvalue weighted by Crippen LogP contribution is 2.30. The van der Waals surface area contributed by atoms with Crippen molar-refractivity contribution in [3.05, 3.63) is 53.6 Å². The minimum atomic E-state index is -3.88. The molecule has 2 aliphatic rings. The number of nitrogens with zero attached hydrogens (tertiary/aromatic N) is 2. The number of nitrogens with one attached hydrogen (secondary N) is 1. The number of hydrogen-bond donors (Lipinski definition) is 2. The highest BCUT2D eigenvalue weighted by atomic mass is 32.2. The van der Waals surface area contributed by atoms with E-state index in [1.807, 2.05) is 20.8 Å². The highest BCUT2D eigenvalue weighted by Gasteiger charge is 2.31. The number of rotatable bonds is 9. The van der Waals surface area contributed by atoms with Gasteiger partial charge in [-0.1, -0.05) is 43.9 Å². The van der Waals surface area contributed by atoms with Crippen molar-refractivity contribution < 1.29 is 27.8 Å². The monoisotopic (exact) mass is 657 g/mol. The van der Waals surface area contributed by atoms with Gasteiger partial charge in [-0.25, -0.2) is 8.42 Å². The predicted molar refractivity (Wildman–Crippen MR) is 183 cm³/mol. The lowest BCUT2D eigenvalue weighted by Crippen LogP contribution is -2.47. The van der Waals surface area contributed by atoms with Crippen LogP contribution in [0.25, 0.3) is 0 Å². The Balaban J connectivity index is 1.62. The van der Waals surface area contributed by atoms with Crippen molar-refractivity contribution in [2.45, 2.75) is 102 Å². The number of fused-ring (bicyclic) bond motifs is 1. The Bertz CT molecular complexity index is 1360. The molecule has 2 N–H and O–H groups in total. The molecule has 1 aliphatic heterocycles. The fourth-order valence-electron chi connectivity index (χ4n) is 6.57. The predicted octanol–water partition coefficient (Wildman–Crippen LogP) is 6.10. The van der Waals surface area contributed by atoms with Crippen LogP contribution in [-0.2, 0) is 14.8 Å². The summed E-state index contributed by atoms with van der Waals surface area (Å²) in [6.07, 6.45) is 8.89. The van der Waals surface area contributed by atoms with Crippen molar-refractivity contribution in [3.8, 4) is 5.75 Å². The molecule has 46 heavy (non-hydrogen) atoms. The van der Waals surface area contributed by atoms with E-state index in [1.165, 1.54) is 32.1 Å². The van der Waals surface area contributed by atoms with Gasteiger partial charge in [-0.05, 0) is 96.2 Å². The lowest BCUT2D eigenvalue weighted by molar-refractivity contribution is -0.0190. The quantitative estimate of drug-likeness (QED) is 0.335. The van der Waals surface area contributed by atoms with Crippen LogP contribution in [0.2, 0.25) is 0 Å². The van der Waals surface area contributed by atoms with Crippen LogP contribution >= 0.6 is 0 Å². The van der Waals surface area contributed by atoms with E-state index < -0.39 is 16.1 Å². The van der Waals surface area contributed by atoms with Gasteiger partial charge >= 0.3 is 0 Å². The van der Waals surface area contributed by atoms with Crippen LogP contribution in [0.3, 0.4) is 0 Å². The second kappa shape index (κ2) is 16.9. The molecule has 0 radical (unpaired) electrons. The van der Waals surface area contributed by atoms with Crippen LogP contribution in [0.4, 0.5) is 5.69 Å². The van der Waals surface area contributed by atoms with Crippen molar-refractivity contribution in [3.63, 3.8) is 0 Å². The zero-order valence-corrected chi connectivity index (χ0v) is 29.2. The molecule has 1 heterocycles. The van der Waals surface area contributed by atoms with E-state index in [1.54, 1.807) is 47.4 Å². The summed E-state index contributed by atoms with van der Waals surface area (Å²) in [6, 6.07) is 11.0. The van der Waals surface area contributed by atoms with E-state index in [9.17, 15) is 18.3 Å². The lowest BCUT2D eigenvalue weighted by atomic mass is 9.89. The minimum Gasteiger partial charge on any atom is -0.490 e. The van der Waals surface area contributed by atoms with E-state index in [4.69, 9.17) is 9.47 Å². The summed E-state index contributed by atoms with van der Waals surface area (Å²) in [5.74, 6) is 0.783. The first-order chi connectivity index (χ1) is 22.0. The number of aryl methyl sites for hydroxylation is 1. The summed E-state index contributed by atoms with van der Waals surface area (Å²) in [5.41, 5.74) is 1.48. The molecular formula is C36H55N3O6S. The van der Waals surface area contributed by atoms with Crippen LogP contribution in [-0.4, -0.2) is 87.4 Å². The zero-order chi connectivity index (χ0) is 33.3. The third-order valence-corrected chi connectivity index (χ3v) is 10.8. The van der Waals surface area contributed by atoms with E-state index in [2.05, 4.69) is 23.6 Å². The van der Waals surface area contributed by atoms with Gasteiger partial charge in [-0.3, -0.25) is 9.52 Å². The van der Waals surface area contributed by atoms with E-state index in [0.29, 0.717) is 18.9 Å². The first-order valence-electron chi connectivity index (χ1n) is 17.1. The molecule has 10 heteroatoms. The lowest BCUT2D eigenvalue weighted by Gasteiger charge is -2.36. The normalized spacial score (nSPS) is 23.3. The van der Waals surface area contributed by atoms with Gasteiger partial charge in [0, 0.05) is 37.8 Å². The van der Waals surface area contributed by atoms with Crippen molar-refractivity contribution in [2.24, 2.45) is 11.8 Å². The molecule has 256 valence electrons. The number of benzene rings is 2. The molecule has 2 aromatic carbocycles. The topological polar surface area (TPSA) is 108 Å². The van der Waals surface area contributed by atoms with Gasteiger partial charge in [-0.2, -0.15) is 0 Å². The number of aliphatic hydroxyl groups is 1. The molecule has 1 saturated carbocycles. The van der Waals surface area contributed by atoms with Crippen LogP contribution in [0.5, 0.6) is 5.75 Å². The average Bonchev–Trinajstić information content (AvgIpc) is 3.03. The Morgan fingerprint density at radius 3 is 2.39 bits per heavy atom. The first kappa shape index (κ1) is 36.2. The summed E-state index contributed by atoms with van der Waals surface area (Å²) < 4.78 is 41.9. The summed E-state index contributed by atoms with van der Waals surface area (Å²) in [7, 11) is -1.71. The number of hydrogen-bond acceptors (Lipinski definition) is 7. The second-order valence-electron chi connectivity index (χ2n) is 13.7. The summed E-state index contributed by atoms with van der Waals surface area (Å²) >= 11 is 0. The maximum atomic E-state index is 14.4. The second-order valence-corrected chi connectivity index (χ2v) is 15.3. The number of ether oxygens (including phenoxy) is 2. The molecule has 4 atom stereocenters. The molecule has 4 rings (SSSR count). The number of carbonyl (C=O) groups excluding carboxylic acids is 1. The maximum Gasteiger partial charge on any atom is 0.261 e. The maximum absolute atomic E-state index is 14.4. The smallest absolute Gasteiger partial charge is 0.261 e. The number of amides is 1. The molecule has 0 unspecified atom stereocenters. The molecule has 0 aromatic heterocycles. The molecule has 0 bridgehead atoms. The Kier molecular flexibility index (Phi) is 13.3. The van der Waals surface area contributed by atoms with Gasteiger partial charge < -0.3 is 24.4 Å². The number of likely N-dealkylation sites (N-methyl/N-ethyl adjacent to an activating group) is 1. The Morgan fingerprint density at radius 1 is 1.00 bits per heavy atom. The van der Waals surface area contributed by atoms with Crippen LogP contribution in [0.15, 0.2) is 47.4 Å². The minimum absolute atomic E-state index is 0.0128.